The lowest BCUT2D eigenvalue weighted by atomic mass is 10.2. The van der Waals surface area contributed by atoms with Crippen LogP contribution >= 0.6 is 21.6 Å². The molecular formula is C20H26O2S2. The van der Waals surface area contributed by atoms with Gasteiger partial charge in [-0.15, -0.1) is 0 Å². The maximum atomic E-state index is 11.7. The van der Waals surface area contributed by atoms with E-state index < -0.39 is 0 Å². The Morgan fingerprint density at radius 3 is 2.50 bits per heavy atom. The zero-order chi connectivity index (χ0) is 17.6. The summed E-state index contributed by atoms with van der Waals surface area (Å²) in [4.78, 5) is 13.0. The summed E-state index contributed by atoms with van der Waals surface area (Å²) < 4.78 is 5.21. The van der Waals surface area contributed by atoms with Crippen LogP contribution in [0, 0.1) is 6.92 Å². The maximum absolute atomic E-state index is 11.7. The van der Waals surface area contributed by atoms with Gasteiger partial charge in [-0.3, -0.25) is 0 Å². The van der Waals surface area contributed by atoms with E-state index >= 15 is 0 Å². The van der Waals surface area contributed by atoms with Crippen LogP contribution in [0.15, 0.2) is 66.1 Å². The highest BCUT2D eigenvalue weighted by atomic mass is 33.1. The van der Waals surface area contributed by atoms with Crippen molar-refractivity contribution < 1.29 is 9.53 Å². The molecule has 4 heteroatoms. The molecule has 130 valence electrons. The van der Waals surface area contributed by atoms with E-state index in [-0.39, 0.29) is 5.97 Å². The van der Waals surface area contributed by atoms with E-state index in [2.05, 4.69) is 44.3 Å². The number of unbranched alkanes of at least 4 members (excludes halogenated alkanes) is 3. The largest absolute Gasteiger partial charge is 0.462 e. The number of rotatable bonds is 12. The fraction of sp³-hybridized carbons (Fsp3) is 0.350. The Kier molecular flexibility index (Phi) is 11.2. The summed E-state index contributed by atoms with van der Waals surface area (Å²) in [6.07, 6.45) is 9.00. The monoisotopic (exact) mass is 362 g/mol. The van der Waals surface area contributed by atoms with Crippen LogP contribution in [0.25, 0.3) is 0 Å². The van der Waals surface area contributed by atoms with E-state index in [0.29, 0.717) is 12.2 Å². The van der Waals surface area contributed by atoms with Crippen molar-refractivity contribution in [2.45, 2.75) is 37.5 Å². The van der Waals surface area contributed by atoms with E-state index in [4.69, 9.17) is 4.74 Å². The third kappa shape index (κ3) is 9.04. The maximum Gasteiger partial charge on any atom is 0.338 e. The van der Waals surface area contributed by atoms with Gasteiger partial charge in [-0.2, -0.15) is 0 Å². The molecule has 1 aromatic carbocycles. The van der Waals surface area contributed by atoms with E-state index in [9.17, 15) is 4.79 Å². The first-order valence-electron chi connectivity index (χ1n) is 8.15. The number of esters is 1. The Bertz CT molecular complexity index is 547. The van der Waals surface area contributed by atoms with Crippen molar-refractivity contribution in [2.24, 2.45) is 0 Å². The number of carbonyl (C=O) groups excluding carboxylic acids is 1. The number of benzene rings is 1. The second kappa shape index (κ2) is 13.0. The van der Waals surface area contributed by atoms with Gasteiger partial charge >= 0.3 is 5.97 Å². The highest BCUT2D eigenvalue weighted by Gasteiger charge is 2.05. The summed E-state index contributed by atoms with van der Waals surface area (Å²) in [5, 5.41) is 0. The third-order valence-corrected chi connectivity index (χ3v) is 5.75. The van der Waals surface area contributed by atoms with Crippen molar-refractivity contribution in [2.75, 3.05) is 12.4 Å². The quantitative estimate of drug-likeness (QED) is 0.147. The van der Waals surface area contributed by atoms with Crippen molar-refractivity contribution in [3.05, 3.63) is 66.8 Å². The van der Waals surface area contributed by atoms with Gasteiger partial charge < -0.3 is 4.74 Å². The Morgan fingerprint density at radius 2 is 1.83 bits per heavy atom. The second-order valence-corrected chi connectivity index (χ2v) is 7.82. The fourth-order valence-corrected chi connectivity index (χ4v) is 4.05. The van der Waals surface area contributed by atoms with Gasteiger partial charge in [0.05, 0.1) is 12.2 Å². The number of carbonyl (C=O) groups is 1. The van der Waals surface area contributed by atoms with Crippen LogP contribution in [0.3, 0.4) is 0 Å². The minimum absolute atomic E-state index is 0.324. The lowest BCUT2D eigenvalue weighted by Crippen LogP contribution is -2.07. The third-order valence-electron chi connectivity index (χ3n) is 3.28. The van der Waals surface area contributed by atoms with Crippen LogP contribution in [0.1, 0.15) is 31.2 Å². The molecule has 0 bridgehead atoms. The SMILES string of the molecule is C=C/C=C(\C=C)C(=O)OCCCCCCSSc1ccc(C)cc1. The molecule has 0 aliphatic carbocycles. The number of aryl methyl sites for hydroxylation is 1. The van der Waals surface area contributed by atoms with Gasteiger partial charge in [0.2, 0.25) is 0 Å². The molecule has 24 heavy (non-hydrogen) atoms. The fourth-order valence-electron chi connectivity index (χ4n) is 1.91. The number of allylic oxidation sites excluding steroid dienone is 2. The molecular weight excluding hydrogens is 336 g/mol. The van der Waals surface area contributed by atoms with Gasteiger partial charge in [-0.05, 0) is 38.0 Å². The Balaban J connectivity index is 1.99. The molecule has 0 saturated carbocycles. The van der Waals surface area contributed by atoms with Crippen molar-refractivity contribution in [3.63, 3.8) is 0 Å². The molecule has 1 rings (SSSR count). The lowest BCUT2D eigenvalue weighted by Gasteiger charge is -2.05. The number of hydrogen-bond acceptors (Lipinski definition) is 4. The van der Waals surface area contributed by atoms with Crippen molar-refractivity contribution >= 4 is 27.6 Å². The highest BCUT2D eigenvalue weighted by Crippen LogP contribution is 2.31. The van der Waals surface area contributed by atoms with Crippen molar-refractivity contribution in [3.8, 4) is 0 Å². The molecule has 0 radical (unpaired) electrons. The first-order valence-corrected chi connectivity index (χ1v) is 10.5. The van der Waals surface area contributed by atoms with E-state index in [1.165, 1.54) is 23.0 Å². The van der Waals surface area contributed by atoms with Crippen LogP contribution in [-0.2, 0) is 9.53 Å². The van der Waals surface area contributed by atoms with E-state index in [1.807, 2.05) is 21.6 Å². The lowest BCUT2D eigenvalue weighted by molar-refractivity contribution is -0.138. The molecule has 0 amide bonds. The van der Waals surface area contributed by atoms with Crippen LogP contribution in [0.2, 0.25) is 0 Å². The molecule has 2 nitrogen and oxygen atoms in total. The summed E-state index contributed by atoms with van der Waals surface area (Å²) in [6.45, 7) is 9.72. The molecule has 0 aromatic heterocycles. The molecule has 0 unspecified atom stereocenters. The molecule has 0 fully saturated rings. The van der Waals surface area contributed by atoms with Gasteiger partial charge in [-0.1, -0.05) is 77.4 Å². The molecule has 0 N–H and O–H groups in total. The summed E-state index contributed by atoms with van der Waals surface area (Å²) in [6, 6.07) is 8.62. The highest BCUT2D eigenvalue weighted by molar-refractivity contribution is 8.76. The Morgan fingerprint density at radius 1 is 1.12 bits per heavy atom. The average molecular weight is 363 g/mol. The van der Waals surface area contributed by atoms with E-state index in [0.717, 1.165) is 25.0 Å². The molecule has 1 aromatic rings. The summed E-state index contributed by atoms with van der Waals surface area (Å²) in [5.74, 6) is 0.816. The zero-order valence-electron chi connectivity index (χ0n) is 14.3. The van der Waals surface area contributed by atoms with Crippen LogP contribution in [-0.4, -0.2) is 18.3 Å². The van der Waals surface area contributed by atoms with Gasteiger partial charge in [0.25, 0.3) is 0 Å². The number of ether oxygens (including phenoxy) is 1. The molecule has 0 saturated heterocycles. The first kappa shape index (κ1) is 20.7. The zero-order valence-corrected chi connectivity index (χ0v) is 16.0. The van der Waals surface area contributed by atoms with Gasteiger partial charge in [0.1, 0.15) is 0 Å². The predicted octanol–water partition coefficient (Wildman–Crippen LogP) is 6.14. The first-order chi connectivity index (χ1) is 11.7. The second-order valence-electron chi connectivity index (χ2n) is 5.33. The van der Waals surface area contributed by atoms with Gasteiger partial charge in [-0.25, -0.2) is 4.79 Å². The molecule has 0 aliphatic heterocycles. The number of hydrogen-bond donors (Lipinski definition) is 0. The average Bonchev–Trinajstić information content (AvgIpc) is 2.59. The summed E-state index contributed by atoms with van der Waals surface area (Å²) >= 11 is 0. The van der Waals surface area contributed by atoms with Crippen molar-refractivity contribution in [1.29, 1.82) is 0 Å². The van der Waals surface area contributed by atoms with Crippen LogP contribution in [0.5, 0.6) is 0 Å². The minimum Gasteiger partial charge on any atom is -0.462 e. The smallest absolute Gasteiger partial charge is 0.338 e. The summed E-state index contributed by atoms with van der Waals surface area (Å²) in [5.41, 5.74) is 1.75. The summed E-state index contributed by atoms with van der Waals surface area (Å²) in [7, 11) is 3.73. The van der Waals surface area contributed by atoms with Crippen LogP contribution in [0.4, 0.5) is 0 Å². The van der Waals surface area contributed by atoms with Gasteiger partial charge in [0, 0.05) is 10.6 Å². The molecule has 0 heterocycles. The molecule has 0 aliphatic rings. The van der Waals surface area contributed by atoms with E-state index in [1.54, 1.807) is 12.2 Å². The Hall–Kier alpha value is -1.39. The molecule has 0 atom stereocenters. The van der Waals surface area contributed by atoms with Gasteiger partial charge in [0.15, 0.2) is 0 Å². The standard InChI is InChI=1S/C20H26O2S2/c1-4-10-18(5-2)20(21)22-15-8-6-7-9-16-23-24-19-13-11-17(3)12-14-19/h4-5,10-14H,1-2,6-9,15-16H2,3H3/b18-10+. The normalized spacial score (nSPS) is 11.1. The van der Waals surface area contributed by atoms with Crippen molar-refractivity contribution in [1.82, 2.24) is 0 Å². The minimum atomic E-state index is -0.324. The Labute approximate surface area is 153 Å². The molecule has 0 spiro atoms. The topological polar surface area (TPSA) is 26.3 Å². The predicted molar refractivity (Wildman–Crippen MR) is 107 cm³/mol. The van der Waals surface area contributed by atoms with Crippen LogP contribution < -0.4 is 0 Å².